The lowest BCUT2D eigenvalue weighted by Crippen LogP contribution is -2.48. The quantitative estimate of drug-likeness (QED) is 0.874. The Morgan fingerprint density at radius 1 is 1.00 bits per heavy atom. The summed E-state index contributed by atoms with van der Waals surface area (Å²) in [6.45, 7) is 2.04. The molecule has 0 spiro atoms. The summed E-state index contributed by atoms with van der Waals surface area (Å²) in [6, 6.07) is 5.50. The molecule has 1 aliphatic carbocycles. The van der Waals surface area contributed by atoms with Crippen LogP contribution < -0.4 is 5.32 Å². The van der Waals surface area contributed by atoms with Gasteiger partial charge in [0.2, 0.25) is 0 Å². The molecule has 148 valence electrons. The number of nitrogens with one attached hydrogen (secondary N) is 1. The third-order valence-corrected chi connectivity index (χ3v) is 6.06. The first kappa shape index (κ1) is 19.0. The molecular weight excluding hydrogens is 355 g/mol. The molecule has 0 bridgehead atoms. The predicted octanol–water partition coefficient (Wildman–Crippen LogP) is 3.81. The summed E-state index contributed by atoms with van der Waals surface area (Å²) in [4.78, 5) is 23.1. The third-order valence-electron chi connectivity index (χ3n) is 6.06. The maximum absolute atomic E-state index is 14.5. The van der Waals surface area contributed by atoms with Crippen LogP contribution in [0.1, 0.15) is 55.3 Å². The molecule has 1 N–H and O–H groups in total. The number of hydrogen-bond donors (Lipinski definition) is 1. The Kier molecular flexibility index (Phi) is 5.95. The van der Waals surface area contributed by atoms with Gasteiger partial charge in [-0.05, 0) is 43.4 Å². The van der Waals surface area contributed by atoms with Gasteiger partial charge in [-0.25, -0.2) is 14.4 Å². The van der Waals surface area contributed by atoms with Crippen LogP contribution in [0.2, 0.25) is 0 Å². The van der Waals surface area contributed by atoms with E-state index in [1.165, 1.54) is 44.5 Å². The fourth-order valence-corrected chi connectivity index (χ4v) is 4.45. The number of carbonyl (C=O) groups is 1. The molecule has 1 amide bonds. The Balaban J connectivity index is 1.34. The molecule has 5 nitrogen and oxygen atoms in total. The highest BCUT2D eigenvalue weighted by atomic mass is 19.1. The van der Waals surface area contributed by atoms with Crippen molar-refractivity contribution in [2.24, 2.45) is 0 Å². The van der Waals surface area contributed by atoms with Gasteiger partial charge in [0.25, 0.3) is 5.91 Å². The number of piperidine rings is 1. The van der Waals surface area contributed by atoms with E-state index in [1.54, 1.807) is 24.5 Å². The second kappa shape index (κ2) is 8.78. The number of likely N-dealkylation sites (tertiary alicyclic amines) is 1. The molecule has 0 unspecified atom stereocenters. The second-order valence-electron chi connectivity index (χ2n) is 7.90. The van der Waals surface area contributed by atoms with E-state index < -0.39 is 5.82 Å². The fourth-order valence-electron chi connectivity index (χ4n) is 4.45. The Morgan fingerprint density at radius 3 is 2.39 bits per heavy atom. The molecular formula is C22H27FN4O. The number of carbonyl (C=O) groups excluding carboxylic acids is 1. The lowest BCUT2D eigenvalue weighted by atomic mass is 9.92. The average molecular weight is 382 g/mol. The lowest BCUT2D eigenvalue weighted by Gasteiger charge is -2.39. The molecule has 0 radical (unpaired) electrons. The van der Waals surface area contributed by atoms with Crippen LogP contribution in [0.5, 0.6) is 0 Å². The minimum absolute atomic E-state index is 0.0929. The summed E-state index contributed by atoms with van der Waals surface area (Å²) in [5, 5.41) is 3.03. The van der Waals surface area contributed by atoms with Crippen molar-refractivity contribution in [2.75, 3.05) is 13.1 Å². The fraction of sp³-hybridized carbons (Fsp3) is 0.500. The van der Waals surface area contributed by atoms with E-state index in [0.29, 0.717) is 5.56 Å². The largest absolute Gasteiger partial charge is 0.349 e. The summed E-state index contributed by atoms with van der Waals surface area (Å²) in [6.07, 6.45) is 13.2. The molecule has 1 saturated heterocycles. The zero-order valence-corrected chi connectivity index (χ0v) is 16.1. The number of halogens is 1. The van der Waals surface area contributed by atoms with E-state index in [-0.39, 0.29) is 17.5 Å². The van der Waals surface area contributed by atoms with Gasteiger partial charge >= 0.3 is 0 Å². The van der Waals surface area contributed by atoms with Gasteiger partial charge in [0, 0.05) is 43.1 Å². The van der Waals surface area contributed by atoms with Crippen LogP contribution in [-0.2, 0) is 0 Å². The average Bonchev–Trinajstić information content (AvgIpc) is 2.75. The molecule has 2 heterocycles. The third kappa shape index (κ3) is 4.38. The number of amides is 1. The first-order valence-corrected chi connectivity index (χ1v) is 10.3. The zero-order valence-electron chi connectivity index (χ0n) is 16.1. The van der Waals surface area contributed by atoms with Crippen LogP contribution in [0.4, 0.5) is 4.39 Å². The number of rotatable bonds is 4. The van der Waals surface area contributed by atoms with Crippen molar-refractivity contribution in [3.63, 3.8) is 0 Å². The number of nitrogens with zero attached hydrogens (tertiary/aromatic N) is 3. The van der Waals surface area contributed by atoms with E-state index in [0.717, 1.165) is 37.5 Å². The minimum Gasteiger partial charge on any atom is -0.349 e. The summed E-state index contributed by atoms with van der Waals surface area (Å²) < 4.78 is 14.5. The van der Waals surface area contributed by atoms with Crippen LogP contribution in [0.25, 0.3) is 11.1 Å². The highest BCUT2D eigenvalue weighted by molar-refractivity contribution is 5.95. The molecule has 2 aliphatic rings. The van der Waals surface area contributed by atoms with E-state index in [2.05, 4.69) is 20.2 Å². The van der Waals surface area contributed by atoms with Crippen molar-refractivity contribution in [1.82, 2.24) is 20.2 Å². The van der Waals surface area contributed by atoms with Gasteiger partial charge in [-0.15, -0.1) is 0 Å². The first-order valence-electron chi connectivity index (χ1n) is 10.3. The van der Waals surface area contributed by atoms with Gasteiger partial charge in [-0.2, -0.15) is 0 Å². The molecule has 2 aromatic rings. The molecule has 1 saturated carbocycles. The molecule has 1 aromatic carbocycles. The highest BCUT2D eigenvalue weighted by Gasteiger charge is 2.27. The van der Waals surface area contributed by atoms with Gasteiger partial charge < -0.3 is 10.2 Å². The van der Waals surface area contributed by atoms with Crippen LogP contribution in [0.3, 0.4) is 0 Å². The molecule has 2 fully saturated rings. The maximum Gasteiger partial charge on any atom is 0.254 e. The summed E-state index contributed by atoms with van der Waals surface area (Å²) in [5.74, 6) is -0.844. The summed E-state index contributed by atoms with van der Waals surface area (Å²) >= 11 is 0. The van der Waals surface area contributed by atoms with Crippen molar-refractivity contribution >= 4 is 5.91 Å². The van der Waals surface area contributed by atoms with Crippen molar-refractivity contribution in [3.8, 4) is 11.1 Å². The normalized spacial score (nSPS) is 19.5. The van der Waals surface area contributed by atoms with Gasteiger partial charge in [-0.1, -0.05) is 25.3 Å². The topological polar surface area (TPSA) is 58.1 Å². The first-order chi connectivity index (χ1) is 13.7. The van der Waals surface area contributed by atoms with Gasteiger partial charge in [0.15, 0.2) is 0 Å². The van der Waals surface area contributed by atoms with Gasteiger partial charge in [-0.3, -0.25) is 4.79 Å². The molecule has 0 atom stereocenters. The monoisotopic (exact) mass is 382 g/mol. The van der Waals surface area contributed by atoms with Gasteiger partial charge in [0.05, 0.1) is 5.56 Å². The zero-order chi connectivity index (χ0) is 19.3. The summed E-state index contributed by atoms with van der Waals surface area (Å²) in [7, 11) is 0. The van der Waals surface area contributed by atoms with Crippen molar-refractivity contribution in [2.45, 2.75) is 57.0 Å². The van der Waals surface area contributed by atoms with E-state index in [4.69, 9.17) is 0 Å². The van der Waals surface area contributed by atoms with Crippen LogP contribution in [-0.4, -0.2) is 45.9 Å². The Labute approximate surface area is 165 Å². The smallest absolute Gasteiger partial charge is 0.254 e. The molecule has 1 aromatic heterocycles. The van der Waals surface area contributed by atoms with Crippen LogP contribution >= 0.6 is 0 Å². The van der Waals surface area contributed by atoms with Gasteiger partial charge in [0.1, 0.15) is 12.1 Å². The highest BCUT2D eigenvalue weighted by Crippen LogP contribution is 2.26. The maximum atomic E-state index is 14.5. The summed E-state index contributed by atoms with van der Waals surface area (Å²) in [5.41, 5.74) is 1.48. The predicted molar refractivity (Wildman–Crippen MR) is 106 cm³/mol. The van der Waals surface area contributed by atoms with Crippen molar-refractivity contribution in [1.29, 1.82) is 0 Å². The lowest BCUT2D eigenvalue weighted by molar-refractivity contribution is 0.0862. The Morgan fingerprint density at radius 2 is 1.71 bits per heavy atom. The van der Waals surface area contributed by atoms with E-state index in [1.807, 2.05) is 0 Å². The van der Waals surface area contributed by atoms with E-state index in [9.17, 15) is 9.18 Å². The SMILES string of the molecule is O=C(NC1CCN(C2CCCCC2)CC1)c1ccc(-c2cncnc2)cc1F. The molecule has 6 heteroatoms. The van der Waals surface area contributed by atoms with E-state index >= 15 is 0 Å². The number of hydrogen-bond acceptors (Lipinski definition) is 4. The van der Waals surface area contributed by atoms with Crippen LogP contribution in [0.15, 0.2) is 36.9 Å². The molecule has 4 rings (SSSR count). The molecule has 1 aliphatic heterocycles. The standard InChI is InChI=1S/C22H27FN4O/c23-21-12-16(17-13-24-15-25-14-17)6-7-20(21)22(28)26-18-8-10-27(11-9-18)19-4-2-1-3-5-19/h6-7,12-15,18-19H,1-5,8-11H2,(H,26,28). The van der Waals surface area contributed by atoms with Crippen LogP contribution in [0, 0.1) is 5.82 Å². The van der Waals surface area contributed by atoms with Crippen molar-refractivity contribution < 1.29 is 9.18 Å². The Bertz CT molecular complexity index is 799. The second-order valence-corrected chi connectivity index (χ2v) is 7.90. The molecule has 28 heavy (non-hydrogen) atoms. The minimum atomic E-state index is -0.515. The number of benzene rings is 1. The Hall–Kier alpha value is -2.34. The number of aromatic nitrogens is 2. The van der Waals surface area contributed by atoms with Crippen molar-refractivity contribution in [3.05, 3.63) is 48.3 Å².